The van der Waals surface area contributed by atoms with E-state index in [4.69, 9.17) is 23.2 Å². The number of halogens is 4. The van der Waals surface area contributed by atoms with Crippen LogP contribution in [0, 0.1) is 5.82 Å². The molecular formula is C10H7BrCl2FNO. The average molecular weight is 327 g/mol. The quantitative estimate of drug-likeness (QED) is 0.842. The van der Waals surface area contributed by atoms with Crippen LogP contribution in [0.3, 0.4) is 0 Å². The van der Waals surface area contributed by atoms with E-state index >= 15 is 0 Å². The van der Waals surface area contributed by atoms with Crippen molar-refractivity contribution >= 4 is 45.0 Å². The molecule has 6 heteroatoms. The number of amides is 1. The van der Waals surface area contributed by atoms with Crippen LogP contribution in [0.4, 0.5) is 4.39 Å². The molecular weight excluding hydrogens is 320 g/mol. The van der Waals surface area contributed by atoms with Crippen LogP contribution in [-0.4, -0.2) is 12.5 Å². The predicted molar refractivity (Wildman–Crippen MR) is 66.8 cm³/mol. The second kappa shape index (κ2) is 5.66. The monoisotopic (exact) mass is 325 g/mol. The van der Waals surface area contributed by atoms with Crippen LogP contribution in [0.2, 0.25) is 10.0 Å². The molecule has 1 aromatic carbocycles. The Hall–Kier alpha value is -0.580. The van der Waals surface area contributed by atoms with Crippen molar-refractivity contribution in [1.82, 2.24) is 5.32 Å². The molecule has 0 atom stereocenters. The molecule has 1 amide bonds. The van der Waals surface area contributed by atoms with Crippen molar-refractivity contribution in [3.8, 4) is 0 Å². The first-order chi connectivity index (χ1) is 7.41. The third-order valence-corrected chi connectivity index (χ3v) is 2.58. The van der Waals surface area contributed by atoms with Crippen LogP contribution in [0.15, 0.2) is 23.2 Å². The minimum atomic E-state index is -0.686. The zero-order chi connectivity index (χ0) is 12.3. The van der Waals surface area contributed by atoms with Crippen LogP contribution >= 0.6 is 39.1 Å². The Balaban J connectivity index is 2.91. The van der Waals surface area contributed by atoms with Gasteiger partial charge in [0.25, 0.3) is 5.91 Å². The van der Waals surface area contributed by atoms with E-state index in [9.17, 15) is 9.18 Å². The van der Waals surface area contributed by atoms with Crippen LogP contribution in [0.5, 0.6) is 0 Å². The Morgan fingerprint density at radius 3 is 2.62 bits per heavy atom. The van der Waals surface area contributed by atoms with E-state index in [1.54, 1.807) is 0 Å². The maximum Gasteiger partial charge on any atom is 0.253 e. The number of hydrogen-bond donors (Lipinski definition) is 1. The summed E-state index contributed by atoms with van der Waals surface area (Å²) in [5.74, 6) is -1.17. The summed E-state index contributed by atoms with van der Waals surface area (Å²) >= 11 is 14.4. The van der Waals surface area contributed by atoms with Crippen molar-refractivity contribution in [2.24, 2.45) is 0 Å². The van der Waals surface area contributed by atoms with Crippen LogP contribution in [0.1, 0.15) is 10.4 Å². The van der Waals surface area contributed by atoms with E-state index in [1.165, 1.54) is 6.07 Å². The molecule has 0 aliphatic carbocycles. The van der Waals surface area contributed by atoms with Gasteiger partial charge < -0.3 is 5.32 Å². The molecule has 0 unspecified atom stereocenters. The number of benzene rings is 1. The molecule has 0 bridgehead atoms. The molecule has 1 aromatic rings. The van der Waals surface area contributed by atoms with E-state index in [1.807, 2.05) is 0 Å². The second-order valence-electron chi connectivity index (χ2n) is 2.95. The molecule has 0 saturated heterocycles. The summed E-state index contributed by atoms with van der Waals surface area (Å²) in [7, 11) is 0. The van der Waals surface area contributed by atoms with Crippen molar-refractivity contribution in [3.05, 3.63) is 44.6 Å². The number of nitrogens with one attached hydrogen (secondary N) is 1. The minimum Gasteiger partial charge on any atom is -0.347 e. The number of carbonyl (C=O) groups excluding carboxylic acids is 1. The van der Waals surface area contributed by atoms with Gasteiger partial charge in [0, 0.05) is 11.0 Å². The van der Waals surface area contributed by atoms with Gasteiger partial charge in [-0.15, -0.1) is 0 Å². The zero-order valence-electron chi connectivity index (χ0n) is 7.99. The van der Waals surface area contributed by atoms with Gasteiger partial charge in [-0.2, -0.15) is 0 Å². The molecule has 0 saturated carbocycles. The highest BCUT2D eigenvalue weighted by atomic mass is 79.9. The van der Waals surface area contributed by atoms with Crippen molar-refractivity contribution < 1.29 is 9.18 Å². The Morgan fingerprint density at radius 1 is 1.44 bits per heavy atom. The number of carbonyl (C=O) groups is 1. The summed E-state index contributed by atoms with van der Waals surface area (Å²) in [6, 6.07) is 2.19. The van der Waals surface area contributed by atoms with Gasteiger partial charge in [0.2, 0.25) is 0 Å². The highest BCUT2D eigenvalue weighted by Crippen LogP contribution is 2.24. The van der Waals surface area contributed by atoms with Gasteiger partial charge in [0.05, 0.1) is 15.6 Å². The first kappa shape index (κ1) is 13.5. The Kier molecular flexibility index (Phi) is 4.77. The summed E-state index contributed by atoms with van der Waals surface area (Å²) < 4.78 is 13.7. The largest absolute Gasteiger partial charge is 0.347 e. The molecule has 16 heavy (non-hydrogen) atoms. The zero-order valence-corrected chi connectivity index (χ0v) is 11.1. The lowest BCUT2D eigenvalue weighted by Gasteiger charge is -2.06. The van der Waals surface area contributed by atoms with E-state index in [-0.39, 0.29) is 22.2 Å². The molecule has 1 rings (SSSR count). The van der Waals surface area contributed by atoms with Gasteiger partial charge in [0.15, 0.2) is 0 Å². The predicted octanol–water partition coefficient (Wildman–Crippen LogP) is 3.77. The highest BCUT2D eigenvalue weighted by molar-refractivity contribution is 9.11. The Morgan fingerprint density at radius 2 is 2.06 bits per heavy atom. The third-order valence-electron chi connectivity index (χ3n) is 1.70. The van der Waals surface area contributed by atoms with Crippen molar-refractivity contribution in [3.63, 3.8) is 0 Å². The lowest BCUT2D eigenvalue weighted by atomic mass is 10.2. The first-order valence-electron chi connectivity index (χ1n) is 4.18. The van der Waals surface area contributed by atoms with Crippen molar-refractivity contribution in [1.29, 1.82) is 0 Å². The summed E-state index contributed by atoms with van der Waals surface area (Å²) in [5.41, 5.74) is 0.0392. The number of rotatable bonds is 3. The smallest absolute Gasteiger partial charge is 0.253 e. The molecule has 0 aliphatic rings. The fourth-order valence-corrected chi connectivity index (χ4v) is 1.58. The van der Waals surface area contributed by atoms with Gasteiger partial charge in [-0.05, 0) is 12.1 Å². The van der Waals surface area contributed by atoms with Gasteiger partial charge in [-0.1, -0.05) is 45.7 Å². The molecule has 0 aliphatic heterocycles. The minimum absolute atomic E-state index is 0.0392. The molecule has 0 spiro atoms. The molecule has 2 nitrogen and oxygen atoms in total. The SMILES string of the molecule is C=C(Br)CNC(=O)c1cc(F)c(Cl)cc1Cl. The molecule has 0 fully saturated rings. The number of hydrogen-bond acceptors (Lipinski definition) is 1. The summed E-state index contributed by atoms with van der Waals surface area (Å²) in [5, 5.41) is 2.49. The normalized spacial score (nSPS) is 10.0. The van der Waals surface area contributed by atoms with Gasteiger partial charge in [-0.25, -0.2) is 4.39 Å². The standard InChI is InChI=1S/C10H7BrCl2FNO/c1-5(11)4-15-10(16)6-2-9(14)8(13)3-7(6)12/h2-3H,1,4H2,(H,15,16). The Bertz CT molecular complexity index is 451. The maximum absolute atomic E-state index is 13.1. The van der Waals surface area contributed by atoms with E-state index < -0.39 is 11.7 Å². The van der Waals surface area contributed by atoms with Crippen molar-refractivity contribution in [2.75, 3.05) is 6.54 Å². The molecule has 0 radical (unpaired) electrons. The summed E-state index contributed by atoms with van der Waals surface area (Å²) in [6.07, 6.45) is 0. The Labute approximate surface area is 111 Å². The van der Waals surface area contributed by atoms with Gasteiger partial charge >= 0.3 is 0 Å². The third kappa shape index (κ3) is 3.47. The lowest BCUT2D eigenvalue weighted by Crippen LogP contribution is -2.24. The first-order valence-corrected chi connectivity index (χ1v) is 5.72. The van der Waals surface area contributed by atoms with Crippen LogP contribution < -0.4 is 5.32 Å². The van der Waals surface area contributed by atoms with Crippen LogP contribution in [0.25, 0.3) is 0 Å². The fourth-order valence-electron chi connectivity index (χ4n) is 0.968. The second-order valence-corrected chi connectivity index (χ2v) is 4.88. The molecule has 86 valence electrons. The molecule has 0 heterocycles. The fraction of sp³-hybridized carbons (Fsp3) is 0.100. The lowest BCUT2D eigenvalue weighted by molar-refractivity contribution is 0.0957. The average Bonchev–Trinajstić information content (AvgIpc) is 2.20. The van der Waals surface area contributed by atoms with E-state index in [2.05, 4.69) is 27.8 Å². The van der Waals surface area contributed by atoms with Gasteiger partial charge in [-0.3, -0.25) is 4.79 Å². The van der Waals surface area contributed by atoms with E-state index in [0.717, 1.165) is 6.07 Å². The van der Waals surface area contributed by atoms with Gasteiger partial charge in [0.1, 0.15) is 5.82 Å². The van der Waals surface area contributed by atoms with E-state index in [0.29, 0.717) is 4.48 Å². The summed E-state index contributed by atoms with van der Waals surface area (Å²) in [6.45, 7) is 3.78. The van der Waals surface area contributed by atoms with Crippen molar-refractivity contribution in [2.45, 2.75) is 0 Å². The maximum atomic E-state index is 13.1. The molecule has 1 N–H and O–H groups in total. The van der Waals surface area contributed by atoms with Crippen LogP contribution in [-0.2, 0) is 0 Å². The topological polar surface area (TPSA) is 29.1 Å². The highest BCUT2D eigenvalue weighted by Gasteiger charge is 2.13. The molecule has 0 aromatic heterocycles. The summed E-state index contributed by atoms with van der Waals surface area (Å²) in [4.78, 5) is 11.6.